The van der Waals surface area contributed by atoms with Gasteiger partial charge in [0.2, 0.25) is 14.7 Å². The fraction of sp³-hybridized carbons (Fsp3) is 0.125. The summed E-state index contributed by atoms with van der Waals surface area (Å²) in [5, 5.41) is 12.0. The largest absolute Gasteiger partial charge is 0.464 e. The van der Waals surface area contributed by atoms with Crippen LogP contribution in [0.1, 0.15) is 34.0 Å². The molecule has 242 valence electrons. The number of rotatable bonds is 9. The number of carbonyl (C=O) groups is 2. The van der Waals surface area contributed by atoms with Crippen LogP contribution in [0.25, 0.3) is 21.7 Å². The molecule has 0 fully saturated rings. The van der Waals surface area contributed by atoms with Gasteiger partial charge in [0.05, 0.1) is 17.0 Å². The minimum atomic E-state index is -4.64. The molecule has 5 aromatic rings. The van der Waals surface area contributed by atoms with Gasteiger partial charge in [-0.1, -0.05) is 66.7 Å². The van der Waals surface area contributed by atoms with Crippen LogP contribution in [-0.2, 0) is 30.8 Å². The highest BCUT2D eigenvalue weighted by Crippen LogP contribution is 2.37. The van der Waals surface area contributed by atoms with E-state index in [0.717, 1.165) is 5.56 Å². The van der Waals surface area contributed by atoms with Crippen molar-refractivity contribution in [2.45, 2.75) is 23.2 Å². The molecule has 0 saturated carbocycles. The van der Waals surface area contributed by atoms with Gasteiger partial charge in [0.15, 0.2) is 0 Å². The Labute approximate surface area is 277 Å². The Bertz CT molecular complexity index is 2000. The molecule has 1 atom stereocenters. The van der Waals surface area contributed by atoms with Crippen LogP contribution in [0.15, 0.2) is 102 Å². The van der Waals surface area contributed by atoms with E-state index in [2.05, 4.69) is 10.3 Å². The number of hydrogen-bond acceptors (Lipinski definition) is 8. The lowest BCUT2D eigenvalue weighted by Crippen LogP contribution is -2.52. The predicted octanol–water partition coefficient (Wildman–Crippen LogP) is 3.77. The van der Waals surface area contributed by atoms with E-state index in [9.17, 15) is 18.0 Å². The number of ether oxygens (including phenoxy) is 1. The van der Waals surface area contributed by atoms with E-state index in [1.807, 2.05) is 0 Å². The van der Waals surface area contributed by atoms with Crippen molar-refractivity contribution in [3.8, 4) is 0 Å². The number of halogens is 2. The Hall–Kier alpha value is -4.59. The summed E-state index contributed by atoms with van der Waals surface area (Å²) in [6, 6.07) is 24.5. The van der Waals surface area contributed by atoms with Gasteiger partial charge in [0, 0.05) is 29.3 Å². The molecule has 5 rings (SSSR count). The molecule has 4 aromatic carbocycles. The van der Waals surface area contributed by atoms with Crippen LogP contribution in [0.2, 0.25) is 0 Å². The van der Waals surface area contributed by atoms with Crippen molar-refractivity contribution in [2.24, 2.45) is 11.5 Å². The van der Waals surface area contributed by atoms with Crippen LogP contribution in [0.3, 0.4) is 0 Å². The molecule has 0 bridgehead atoms. The first-order chi connectivity index (χ1) is 20.6. The van der Waals surface area contributed by atoms with Gasteiger partial charge in [-0.2, -0.15) is 0 Å². The van der Waals surface area contributed by atoms with Gasteiger partial charge in [-0.3, -0.25) is 20.9 Å². The fourth-order valence-corrected chi connectivity index (χ4v) is 6.61. The Morgan fingerprint density at radius 3 is 2.26 bits per heavy atom. The molecule has 11 nitrogen and oxygen atoms in total. The number of hydrogen-bond donors (Lipinski definition) is 4. The van der Waals surface area contributed by atoms with Gasteiger partial charge in [-0.05, 0) is 53.1 Å². The molecular formula is C32H33Cl2N5O6S. The van der Waals surface area contributed by atoms with Crippen LogP contribution >= 0.6 is 24.8 Å². The number of nitrogens with zero attached hydrogens (tertiary/aromatic N) is 1. The smallest absolute Gasteiger partial charge is 0.347 e. The van der Waals surface area contributed by atoms with Crippen LogP contribution in [-0.4, -0.2) is 43.2 Å². The number of amides is 1. The number of esters is 1. The maximum atomic E-state index is 14.3. The van der Waals surface area contributed by atoms with Gasteiger partial charge in [0.25, 0.3) is 5.91 Å². The summed E-state index contributed by atoms with van der Waals surface area (Å²) in [4.78, 5) is 28.2. The van der Waals surface area contributed by atoms with E-state index in [1.165, 1.54) is 24.4 Å². The third-order valence-corrected chi connectivity index (χ3v) is 9.32. The number of benzene rings is 4. The summed E-state index contributed by atoms with van der Waals surface area (Å²) >= 11 is 0. The van der Waals surface area contributed by atoms with E-state index in [4.69, 9.17) is 21.6 Å². The number of fused-ring (bicyclic) bond motifs is 2. The van der Waals surface area contributed by atoms with E-state index >= 15 is 0 Å². The zero-order valence-electron chi connectivity index (χ0n) is 24.5. The molecule has 0 radical (unpaired) electrons. The number of pyridine rings is 1. The normalized spacial score (nSPS) is 12.0. The van der Waals surface area contributed by atoms with E-state index in [0.29, 0.717) is 21.7 Å². The minimum Gasteiger partial charge on any atom is -0.464 e. The molecule has 1 heterocycles. The number of carbonyl (C=O) groups excluding carboxylic acids is 2. The summed E-state index contributed by atoms with van der Waals surface area (Å²) in [5.74, 6) is -1.63. The van der Waals surface area contributed by atoms with Crippen LogP contribution < -0.4 is 16.8 Å². The quantitative estimate of drug-likeness (QED) is 0.102. The summed E-state index contributed by atoms with van der Waals surface area (Å²) in [6.07, 6.45) is 1.46. The zero-order chi connectivity index (χ0) is 30.8. The molecule has 0 aliphatic carbocycles. The standard InChI is InChI=1S/C32H29N5O5S.2ClH.H2O/c1-2-42-31(39)32(35,43(40,41)27-10-4-7-22-8-5-17-36-28(22)27)24-16-15-21-6-3-9-25(26(21)18-24)30(38)37-19-20-11-13-23(14-12-20)29(33)34;;;/h3-18H,2,19,35H2,1H3,(H3,33,34)(H,37,38);2*1H;1H2. The molecule has 0 aliphatic heterocycles. The maximum absolute atomic E-state index is 14.3. The van der Waals surface area contributed by atoms with Crippen molar-refractivity contribution in [3.63, 3.8) is 0 Å². The average molecular weight is 687 g/mol. The number of nitrogens with one attached hydrogen (secondary N) is 2. The molecule has 46 heavy (non-hydrogen) atoms. The molecule has 1 amide bonds. The molecule has 0 saturated heterocycles. The molecule has 14 heteroatoms. The van der Waals surface area contributed by atoms with Gasteiger partial charge >= 0.3 is 5.97 Å². The molecule has 1 unspecified atom stereocenters. The second-order valence-corrected chi connectivity index (χ2v) is 11.9. The highest BCUT2D eigenvalue weighted by Gasteiger charge is 2.52. The molecule has 0 aliphatic rings. The first-order valence-corrected chi connectivity index (χ1v) is 14.9. The first-order valence-electron chi connectivity index (χ1n) is 13.4. The van der Waals surface area contributed by atoms with Gasteiger partial charge in [-0.25, -0.2) is 13.2 Å². The van der Waals surface area contributed by atoms with Crippen molar-refractivity contribution < 1.29 is 28.2 Å². The monoisotopic (exact) mass is 685 g/mol. The van der Waals surface area contributed by atoms with Crippen molar-refractivity contribution in [1.29, 1.82) is 5.41 Å². The zero-order valence-corrected chi connectivity index (χ0v) is 27.0. The Morgan fingerprint density at radius 2 is 1.59 bits per heavy atom. The van der Waals surface area contributed by atoms with Crippen molar-refractivity contribution >= 4 is 74.0 Å². The fourth-order valence-electron chi connectivity index (χ4n) is 4.87. The van der Waals surface area contributed by atoms with Crippen LogP contribution in [0, 0.1) is 5.41 Å². The summed E-state index contributed by atoms with van der Waals surface area (Å²) in [7, 11) is -4.64. The van der Waals surface area contributed by atoms with Gasteiger partial charge < -0.3 is 21.3 Å². The number of nitrogen functional groups attached to an aromatic ring is 1. The van der Waals surface area contributed by atoms with E-state index in [-0.39, 0.29) is 70.8 Å². The Kier molecular flexibility index (Phi) is 12.4. The second-order valence-electron chi connectivity index (χ2n) is 9.83. The highest BCUT2D eigenvalue weighted by atomic mass is 35.5. The third kappa shape index (κ3) is 6.81. The average Bonchev–Trinajstić information content (AvgIpc) is 3.02. The number of para-hydroxylation sites is 1. The topological polar surface area (TPSA) is 210 Å². The minimum absolute atomic E-state index is 0. The lowest BCUT2D eigenvalue weighted by molar-refractivity contribution is -0.146. The highest BCUT2D eigenvalue weighted by molar-refractivity contribution is 7.93. The number of amidine groups is 1. The lowest BCUT2D eigenvalue weighted by atomic mass is 9.98. The van der Waals surface area contributed by atoms with E-state index < -0.39 is 26.6 Å². The molecular weight excluding hydrogens is 653 g/mol. The third-order valence-electron chi connectivity index (χ3n) is 7.16. The van der Waals surface area contributed by atoms with Crippen LogP contribution in [0.4, 0.5) is 0 Å². The number of sulfone groups is 1. The molecule has 0 spiro atoms. The van der Waals surface area contributed by atoms with Crippen molar-refractivity contribution in [1.82, 2.24) is 10.3 Å². The maximum Gasteiger partial charge on any atom is 0.347 e. The molecule has 8 N–H and O–H groups in total. The van der Waals surface area contributed by atoms with Crippen molar-refractivity contribution in [2.75, 3.05) is 6.61 Å². The number of aromatic nitrogens is 1. The Balaban J connectivity index is 0.00000245. The second kappa shape index (κ2) is 15.1. The van der Waals surface area contributed by atoms with Gasteiger partial charge in [-0.15, -0.1) is 24.8 Å². The summed E-state index contributed by atoms with van der Waals surface area (Å²) < 4.78 is 33.8. The first kappa shape index (κ1) is 37.6. The predicted molar refractivity (Wildman–Crippen MR) is 182 cm³/mol. The summed E-state index contributed by atoms with van der Waals surface area (Å²) in [5.41, 5.74) is 13.9. The lowest BCUT2D eigenvalue weighted by Gasteiger charge is -2.28. The summed E-state index contributed by atoms with van der Waals surface area (Å²) in [6.45, 7) is 1.65. The Morgan fingerprint density at radius 1 is 0.935 bits per heavy atom. The van der Waals surface area contributed by atoms with Crippen molar-refractivity contribution in [3.05, 3.63) is 119 Å². The number of nitrogens with two attached hydrogens (primary N) is 2. The van der Waals surface area contributed by atoms with E-state index in [1.54, 1.807) is 79.7 Å². The molecule has 1 aromatic heterocycles. The SMILES string of the molecule is CCOC(=O)C(N)(c1ccc2cccc(C(=O)NCc3ccc(C(=N)N)cc3)c2c1)S(=O)(=O)c1cccc2cccnc12.Cl.Cl.O. The van der Waals surface area contributed by atoms with Gasteiger partial charge in [0.1, 0.15) is 5.84 Å². The van der Waals surface area contributed by atoms with Crippen LogP contribution in [0.5, 0.6) is 0 Å².